The standard InChI is InChI=1S/C13H20N2OS/c1-2-11(12-4-3-9-17-12)10-13(16)15-7-5-14-6-8-15/h3-4,9,11,14H,2,5-8,10H2,1H3. The highest BCUT2D eigenvalue weighted by Crippen LogP contribution is 2.27. The summed E-state index contributed by atoms with van der Waals surface area (Å²) in [5.74, 6) is 0.712. The molecule has 2 rings (SSSR count). The molecule has 4 heteroatoms. The van der Waals surface area contributed by atoms with Crippen molar-refractivity contribution in [1.29, 1.82) is 0 Å². The molecule has 1 unspecified atom stereocenters. The van der Waals surface area contributed by atoms with Crippen molar-refractivity contribution in [2.45, 2.75) is 25.7 Å². The first kappa shape index (κ1) is 12.6. The Bertz CT molecular complexity index is 344. The number of nitrogens with one attached hydrogen (secondary N) is 1. The van der Waals surface area contributed by atoms with Gasteiger partial charge in [-0.1, -0.05) is 13.0 Å². The number of piperazine rings is 1. The molecule has 2 heterocycles. The molecule has 0 aliphatic carbocycles. The zero-order chi connectivity index (χ0) is 12.1. The summed E-state index contributed by atoms with van der Waals surface area (Å²) in [4.78, 5) is 15.5. The molecule has 0 aromatic carbocycles. The Labute approximate surface area is 107 Å². The third-order valence-corrected chi connectivity index (χ3v) is 4.36. The summed E-state index contributed by atoms with van der Waals surface area (Å²) in [6.45, 7) is 5.75. The van der Waals surface area contributed by atoms with Crippen molar-refractivity contribution < 1.29 is 4.79 Å². The van der Waals surface area contributed by atoms with E-state index < -0.39 is 0 Å². The molecule has 1 aromatic rings. The lowest BCUT2D eigenvalue weighted by atomic mass is 9.99. The van der Waals surface area contributed by atoms with Gasteiger partial charge in [0.2, 0.25) is 5.91 Å². The van der Waals surface area contributed by atoms with Gasteiger partial charge in [0, 0.05) is 43.4 Å². The number of nitrogens with zero attached hydrogens (tertiary/aromatic N) is 1. The van der Waals surface area contributed by atoms with E-state index in [9.17, 15) is 4.79 Å². The zero-order valence-corrected chi connectivity index (χ0v) is 11.1. The van der Waals surface area contributed by atoms with Crippen LogP contribution in [0.25, 0.3) is 0 Å². The van der Waals surface area contributed by atoms with Crippen molar-refractivity contribution in [2.24, 2.45) is 0 Å². The fourth-order valence-electron chi connectivity index (χ4n) is 2.22. The van der Waals surface area contributed by atoms with E-state index in [0.29, 0.717) is 18.2 Å². The molecule has 94 valence electrons. The Morgan fingerprint density at radius 1 is 1.53 bits per heavy atom. The van der Waals surface area contributed by atoms with E-state index in [1.807, 2.05) is 4.90 Å². The van der Waals surface area contributed by atoms with Crippen LogP contribution in [0.1, 0.15) is 30.6 Å². The van der Waals surface area contributed by atoms with E-state index in [1.54, 1.807) is 11.3 Å². The largest absolute Gasteiger partial charge is 0.340 e. The molecule has 17 heavy (non-hydrogen) atoms. The van der Waals surface area contributed by atoms with E-state index >= 15 is 0 Å². The second-order valence-corrected chi connectivity index (χ2v) is 5.43. The van der Waals surface area contributed by atoms with Crippen LogP contribution in [0.15, 0.2) is 17.5 Å². The van der Waals surface area contributed by atoms with Crippen molar-refractivity contribution in [3.05, 3.63) is 22.4 Å². The van der Waals surface area contributed by atoms with Crippen LogP contribution >= 0.6 is 11.3 Å². The Morgan fingerprint density at radius 3 is 2.88 bits per heavy atom. The van der Waals surface area contributed by atoms with Crippen molar-refractivity contribution in [1.82, 2.24) is 10.2 Å². The summed E-state index contributed by atoms with van der Waals surface area (Å²) in [6, 6.07) is 4.21. The fourth-order valence-corrected chi connectivity index (χ4v) is 3.14. The number of hydrogen-bond donors (Lipinski definition) is 1. The lowest BCUT2D eigenvalue weighted by Crippen LogP contribution is -2.46. The number of hydrogen-bond acceptors (Lipinski definition) is 3. The molecule has 1 N–H and O–H groups in total. The molecule has 0 saturated carbocycles. The van der Waals surface area contributed by atoms with Gasteiger partial charge in [-0.15, -0.1) is 11.3 Å². The average Bonchev–Trinajstić information content (AvgIpc) is 2.90. The van der Waals surface area contributed by atoms with Gasteiger partial charge >= 0.3 is 0 Å². The van der Waals surface area contributed by atoms with Gasteiger partial charge in [-0.05, 0) is 17.9 Å². The van der Waals surface area contributed by atoms with Crippen LogP contribution in [-0.4, -0.2) is 37.0 Å². The summed E-state index contributed by atoms with van der Waals surface area (Å²) in [6.07, 6.45) is 1.70. The molecule has 1 aromatic heterocycles. The molecule has 0 radical (unpaired) electrons. The summed E-state index contributed by atoms with van der Waals surface area (Å²) in [5, 5.41) is 5.36. The minimum absolute atomic E-state index is 0.312. The fraction of sp³-hybridized carbons (Fsp3) is 0.615. The second-order valence-electron chi connectivity index (χ2n) is 4.46. The summed E-state index contributed by atoms with van der Waals surface area (Å²) < 4.78 is 0. The van der Waals surface area contributed by atoms with Crippen LogP contribution in [0.2, 0.25) is 0 Å². The highest BCUT2D eigenvalue weighted by Gasteiger charge is 2.21. The van der Waals surface area contributed by atoms with Gasteiger partial charge in [0.1, 0.15) is 0 Å². The van der Waals surface area contributed by atoms with Gasteiger partial charge in [-0.25, -0.2) is 0 Å². The molecular weight excluding hydrogens is 232 g/mol. The smallest absolute Gasteiger partial charge is 0.223 e. The van der Waals surface area contributed by atoms with Gasteiger partial charge < -0.3 is 10.2 Å². The van der Waals surface area contributed by atoms with Crippen LogP contribution in [0.3, 0.4) is 0 Å². The lowest BCUT2D eigenvalue weighted by molar-refractivity contribution is -0.132. The third-order valence-electron chi connectivity index (χ3n) is 3.33. The third kappa shape index (κ3) is 3.30. The molecule has 1 amide bonds. The Kier molecular flexibility index (Phi) is 4.57. The molecular formula is C13H20N2OS. The molecule has 1 aliphatic heterocycles. The number of amides is 1. The molecule has 3 nitrogen and oxygen atoms in total. The molecule has 1 aliphatic rings. The lowest BCUT2D eigenvalue weighted by Gasteiger charge is -2.28. The number of thiophene rings is 1. The van der Waals surface area contributed by atoms with Crippen molar-refractivity contribution in [3.63, 3.8) is 0 Å². The number of carbonyl (C=O) groups excluding carboxylic acids is 1. The number of rotatable bonds is 4. The van der Waals surface area contributed by atoms with E-state index in [0.717, 1.165) is 32.6 Å². The monoisotopic (exact) mass is 252 g/mol. The van der Waals surface area contributed by atoms with E-state index in [2.05, 4.69) is 29.8 Å². The van der Waals surface area contributed by atoms with Crippen LogP contribution < -0.4 is 5.32 Å². The summed E-state index contributed by atoms with van der Waals surface area (Å²) >= 11 is 1.76. The highest BCUT2D eigenvalue weighted by atomic mass is 32.1. The SMILES string of the molecule is CCC(CC(=O)N1CCNCC1)c1cccs1. The molecule has 0 spiro atoms. The van der Waals surface area contributed by atoms with Gasteiger partial charge in [0.25, 0.3) is 0 Å². The minimum Gasteiger partial charge on any atom is -0.340 e. The maximum absolute atomic E-state index is 12.2. The predicted octanol–water partition coefficient (Wildman–Crippen LogP) is 2.06. The normalized spacial score (nSPS) is 18.1. The molecule has 1 saturated heterocycles. The van der Waals surface area contributed by atoms with Crippen molar-refractivity contribution in [2.75, 3.05) is 26.2 Å². The first-order valence-electron chi connectivity index (χ1n) is 6.33. The second kappa shape index (κ2) is 6.17. The quantitative estimate of drug-likeness (QED) is 0.889. The Hall–Kier alpha value is -0.870. The zero-order valence-electron chi connectivity index (χ0n) is 10.3. The first-order valence-corrected chi connectivity index (χ1v) is 7.21. The van der Waals surface area contributed by atoms with Crippen LogP contribution in [0.4, 0.5) is 0 Å². The minimum atomic E-state index is 0.312. The highest BCUT2D eigenvalue weighted by molar-refractivity contribution is 7.10. The predicted molar refractivity (Wildman–Crippen MR) is 71.4 cm³/mol. The molecule has 1 fully saturated rings. The van der Waals surface area contributed by atoms with Gasteiger partial charge in [-0.2, -0.15) is 0 Å². The van der Waals surface area contributed by atoms with Crippen LogP contribution in [0.5, 0.6) is 0 Å². The maximum Gasteiger partial charge on any atom is 0.223 e. The van der Waals surface area contributed by atoms with Gasteiger partial charge in [0.15, 0.2) is 0 Å². The van der Waals surface area contributed by atoms with Crippen LogP contribution in [-0.2, 0) is 4.79 Å². The Balaban J connectivity index is 1.92. The molecule has 1 atom stereocenters. The number of carbonyl (C=O) groups is 1. The van der Waals surface area contributed by atoms with Crippen molar-refractivity contribution in [3.8, 4) is 0 Å². The van der Waals surface area contributed by atoms with Gasteiger partial charge in [-0.3, -0.25) is 4.79 Å². The van der Waals surface area contributed by atoms with Crippen molar-refractivity contribution >= 4 is 17.2 Å². The van der Waals surface area contributed by atoms with E-state index in [4.69, 9.17) is 0 Å². The van der Waals surface area contributed by atoms with Crippen LogP contribution in [0, 0.1) is 0 Å². The summed E-state index contributed by atoms with van der Waals surface area (Å²) in [7, 11) is 0. The summed E-state index contributed by atoms with van der Waals surface area (Å²) in [5.41, 5.74) is 0. The topological polar surface area (TPSA) is 32.3 Å². The van der Waals surface area contributed by atoms with E-state index in [-0.39, 0.29) is 0 Å². The first-order chi connectivity index (χ1) is 8.31. The molecule has 0 bridgehead atoms. The van der Waals surface area contributed by atoms with Gasteiger partial charge in [0.05, 0.1) is 0 Å². The average molecular weight is 252 g/mol. The Morgan fingerprint density at radius 2 is 2.29 bits per heavy atom. The maximum atomic E-state index is 12.2. The van der Waals surface area contributed by atoms with E-state index in [1.165, 1.54) is 4.88 Å².